The molecule has 2 N–H and O–H groups in total. The molecule has 0 amide bonds. The third kappa shape index (κ3) is 2.51. The van der Waals surface area contributed by atoms with Crippen molar-refractivity contribution < 1.29 is 23.1 Å². The molecule has 0 spiro atoms. The number of carbonyl (C=O) groups is 1. The highest BCUT2D eigenvalue weighted by Crippen LogP contribution is 2.33. The molecule has 3 aromatic rings. The fraction of sp³-hybridized carbons (Fsp3) is 0.143. The van der Waals surface area contributed by atoms with Crippen molar-refractivity contribution in [1.29, 1.82) is 0 Å². The van der Waals surface area contributed by atoms with Crippen LogP contribution in [-0.2, 0) is 0 Å². The first-order chi connectivity index (χ1) is 10.4. The summed E-state index contributed by atoms with van der Waals surface area (Å²) < 4.78 is 37.4. The second-order valence-corrected chi connectivity index (χ2v) is 5.46. The van der Waals surface area contributed by atoms with Crippen molar-refractivity contribution in [3.05, 3.63) is 52.1 Å². The standard InChI is InChI=1S/C14H9F3N2O2S/c15-14(16,17)12(21)10-6-22-13(19-10)11(20)8-5-18-9-4-2-1-3-7(8)9/h1-6,12,18,21H. The lowest BCUT2D eigenvalue weighted by molar-refractivity contribution is -0.207. The lowest BCUT2D eigenvalue weighted by atomic mass is 10.1. The van der Waals surface area contributed by atoms with Crippen molar-refractivity contribution in [3.63, 3.8) is 0 Å². The number of ketones is 1. The van der Waals surface area contributed by atoms with Crippen LogP contribution in [0.3, 0.4) is 0 Å². The molecule has 1 unspecified atom stereocenters. The molecular formula is C14H9F3N2O2S. The Morgan fingerprint density at radius 3 is 2.77 bits per heavy atom. The van der Waals surface area contributed by atoms with Crippen LogP contribution in [0.25, 0.3) is 10.9 Å². The predicted octanol–water partition coefficient (Wildman–Crippen LogP) is 3.45. The zero-order valence-corrected chi connectivity index (χ0v) is 11.7. The molecule has 1 atom stereocenters. The zero-order chi connectivity index (χ0) is 15.9. The molecule has 8 heteroatoms. The van der Waals surface area contributed by atoms with E-state index in [4.69, 9.17) is 5.11 Å². The normalized spacial score (nSPS) is 13.5. The van der Waals surface area contributed by atoms with Gasteiger partial charge in [0.1, 0.15) is 0 Å². The summed E-state index contributed by atoms with van der Waals surface area (Å²) in [6.07, 6.45) is -6.00. The van der Waals surface area contributed by atoms with Gasteiger partial charge < -0.3 is 10.1 Å². The van der Waals surface area contributed by atoms with Crippen molar-refractivity contribution >= 4 is 28.0 Å². The summed E-state index contributed by atoms with van der Waals surface area (Å²) in [7, 11) is 0. The number of aliphatic hydroxyl groups excluding tert-OH is 1. The number of H-pyrrole nitrogens is 1. The Morgan fingerprint density at radius 1 is 1.32 bits per heavy atom. The summed E-state index contributed by atoms with van der Waals surface area (Å²) >= 11 is 0.774. The highest BCUT2D eigenvalue weighted by Gasteiger charge is 2.41. The van der Waals surface area contributed by atoms with Gasteiger partial charge in [0, 0.05) is 22.5 Å². The number of aromatic amines is 1. The Kier molecular flexibility index (Phi) is 3.50. The van der Waals surface area contributed by atoms with E-state index in [1.54, 1.807) is 24.3 Å². The number of fused-ring (bicyclic) bond motifs is 1. The summed E-state index contributed by atoms with van der Waals surface area (Å²) in [6.45, 7) is 0. The van der Waals surface area contributed by atoms with Gasteiger partial charge in [-0.15, -0.1) is 11.3 Å². The molecule has 3 rings (SSSR count). The summed E-state index contributed by atoms with van der Waals surface area (Å²) in [4.78, 5) is 18.9. The maximum absolute atomic E-state index is 12.5. The van der Waals surface area contributed by atoms with Crippen LogP contribution in [0.5, 0.6) is 0 Å². The van der Waals surface area contributed by atoms with Gasteiger partial charge in [-0.3, -0.25) is 4.79 Å². The van der Waals surface area contributed by atoms with E-state index in [0.29, 0.717) is 10.9 Å². The molecule has 0 saturated heterocycles. The fourth-order valence-corrected chi connectivity index (χ4v) is 2.85. The molecule has 114 valence electrons. The van der Waals surface area contributed by atoms with Crippen LogP contribution in [-0.4, -0.2) is 27.0 Å². The minimum absolute atomic E-state index is 0.0944. The molecule has 22 heavy (non-hydrogen) atoms. The van der Waals surface area contributed by atoms with Crippen LogP contribution in [0, 0.1) is 0 Å². The maximum Gasteiger partial charge on any atom is 0.420 e. The number of nitrogens with one attached hydrogen (secondary N) is 1. The summed E-state index contributed by atoms with van der Waals surface area (Å²) in [5.74, 6) is -0.483. The number of thiazole rings is 1. The minimum Gasteiger partial charge on any atom is -0.378 e. The Bertz CT molecular complexity index is 838. The number of aliphatic hydroxyl groups is 1. The molecule has 0 fully saturated rings. The van der Waals surface area contributed by atoms with E-state index in [1.807, 2.05) is 0 Å². The Morgan fingerprint density at radius 2 is 2.05 bits per heavy atom. The molecular weight excluding hydrogens is 317 g/mol. The maximum atomic E-state index is 12.5. The summed E-state index contributed by atoms with van der Waals surface area (Å²) in [5, 5.41) is 10.8. The first-order valence-corrected chi connectivity index (χ1v) is 7.07. The molecule has 0 bridgehead atoms. The van der Waals surface area contributed by atoms with Gasteiger partial charge in [-0.25, -0.2) is 4.98 Å². The summed E-state index contributed by atoms with van der Waals surface area (Å²) in [6, 6.07) is 7.08. The average Bonchev–Trinajstić information content (AvgIpc) is 3.12. The SMILES string of the molecule is O=C(c1nc(C(O)C(F)(F)F)cs1)c1c[nH]c2ccccc12. The van der Waals surface area contributed by atoms with Gasteiger partial charge in [0.05, 0.1) is 11.3 Å². The van der Waals surface area contributed by atoms with Crippen LogP contribution in [0.4, 0.5) is 13.2 Å². The molecule has 0 radical (unpaired) electrons. The number of nitrogens with zero attached hydrogens (tertiary/aromatic N) is 1. The van der Waals surface area contributed by atoms with Crippen molar-refractivity contribution in [2.24, 2.45) is 0 Å². The molecule has 2 heterocycles. The lowest BCUT2D eigenvalue weighted by Crippen LogP contribution is -2.20. The number of hydrogen-bond donors (Lipinski definition) is 2. The monoisotopic (exact) mass is 326 g/mol. The number of halogens is 3. The van der Waals surface area contributed by atoms with E-state index in [-0.39, 0.29) is 5.01 Å². The van der Waals surface area contributed by atoms with Gasteiger partial charge >= 0.3 is 6.18 Å². The van der Waals surface area contributed by atoms with Gasteiger partial charge in [0.25, 0.3) is 0 Å². The molecule has 0 aliphatic carbocycles. The van der Waals surface area contributed by atoms with E-state index >= 15 is 0 Å². The number of hydrogen-bond acceptors (Lipinski definition) is 4. The lowest BCUT2D eigenvalue weighted by Gasteiger charge is -2.11. The number of alkyl halides is 3. The summed E-state index contributed by atoms with van der Waals surface area (Å²) in [5.41, 5.74) is 0.511. The largest absolute Gasteiger partial charge is 0.420 e. The Labute approximate surface area is 126 Å². The topological polar surface area (TPSA) is 66.0 Å². The highest BCUT2D eigenvalue weighted by atomic mass is 32.1. The Hall–Kier alpha value is -2.19. The fourth-order valence-electron chi connectivity index (χ4n) is 2.06. The first kappa shape index (κ1) is 14.7. The quantitative estimate of drug-likeness (QED) is 0.725. The van der Waals surface area contributed by atoms with Crippen LogP contribution < -0.4 is 0 Å². The van der Waals surface area contributed by atoms with E-state index in [2.05, 4.69) is 9.97 Å². The third-order valence-electron chi connectivity index (χ3n) is 3.14. The van der Waals surface area contributed by atoms with Gasteiger partial charge in [-0.2, -0.15) is 13.2 Å². The first-order valence-electron chi connectivity index (χ1n) is 6.19. The number of para-hydroxylation sites is 1. The van der Waals surface area contributed by atoms with E-state index in [0.717, 1.165) is 22.2 Å². The third-order valence-corrected chi connectivity index (χ3v) is 4.00. The van der Waals surface area contributed by atoms with Crippen LogP contribution in [0.2, 0.25) is 0 Å². The molecule has 0 saturated carbocycles. The van der Waals surface area contributed by atoms with Gasteiger partial charge in [0.15, 0.2) is 11.1 Å². The molecule has 0 aliphatic heterocycles. The zero-order valence-electron chi connectivity index (χ0n) is 10.9. The van der Waals surface area contributed by atoms with Crippen LogP contribution in [0.1, 0.15) is 27.2 Å². The van der Waals surface area contributed by atoms with Gasteiger partial charge in [0.2, 0.25) is 5.78 Å². The van der Waals surface area contributed by atoms with Crippen molar-refractivity contribution in [2.45, 2.75) is 12.3 Å². The highest BCUT2D eigenvalue weighted by molar-refractivity contribution is 7.12. The molecule has 1 aromatic carbocycles. The molecule has 0 aliphatic rings. The van der Waals surface area contributed by atoms with Crippen molar-refractivity contribution in [2.75, 3.05) is 0 Å². The second kappa shape index (κ2) is 5.22. The molecule has 2 aromatic heterocycles. The van der Waals surface area contributed by atoms with Crippen LogP contribution >= 0.6 is 11.3 Å². The smallest absolute Gasteiger partial charge is 0.378 e. The number of carbonyl (C=O) groups excluding carboxylic acids is 1. The second-order valence-electron chi connectivity index (χ2n) is 4.60. The van der Waals surface area contributed by atoms with Crippen molar-refractivity contribution in [1.82, 2.24) is 9.97 Å². The van der Waals surface area contributed by atoms with Crippen LogP contribution in [0.15, 0.2) is 35.8 Å². The number of benzene rings is 1. The number of rotatable bonds is 3. The van der Waals surface area contributed by atoms with E-state index in [1.165, 1.54) is 6.20 Å². The van der Waals surface area contributed by atoms with E-state index in [9.17, 15) is 18.0 Å². The number of aromatic nitrogens is 2. The van der Waals surface area contributed by atoms with Gasteiger partial charge in [-0.05, 0) is 6.07 Å². The van der Waals surface area contributed by atoms with Crippen molar-refractivity contribution in [3.8, 4) is 0 Å². The molecule has 4 nitrogen and oxygen atoms in total. The predicted molar refractivity (Wildman–Crippen MR) is 74.9 cm³/mol. The van der Waals surface area contributed by atoms with E-state index < -0.39 is 23.8 Å². The van der Waals surface area contributed by atoms with Gasteiger partial charge in [-0.1, -0.05) is 18.2 Å². The average molecular weight is 326 g/mol. The minimum atomic E-state index is -4.81. The Balaban J connectivity index is 1.95.